The Kier molecular flexibility index (Phi) is 8.73. The van der Waals surface area contributed by atoms with Gasteiger partial charge in [0.15, 0.2) is 0 Å². The standard InChI is InChI=1S/C19H30N2.H2/c1-4-18(8-6-5-7-13-20)10-9-16(2)14-17(3)21-15-19-11-12-19;/h6-7,9-10,19H,4,8,11-15,20H2,1-3H3;1H/b16-9-,18-10+,21-17?;. The van der Waals surface area contributed by atoms with Gasteiger partial charge >= 0.3 is 0 Å². The molecule has 0 heterocycles. The first-order valence-electron chi connectivity index (χ1n) is 8.10. The third kappa shape index (κ3) is 9.23. The van der Waals surface area contributed by atoms with E-state index in [-0.39, 0.29) is 1.43 Å². The molecule has 0 atom stereocenters. The normalized spacial score (nSPS) is 16.7. The van der Waals surface area contributed by atoms with Gasteiger partial charge in [0.1, 0.15) is 0 Å². The van der Waals surface area contributed by atoms with Crippen LogP contribution in [0, 0.1) is 5.92 Å². The second kappa shape index (κ2) is 10.4. The summed E-state index contributed by atoms with van der Waals surface area (Å²) in [7, 11) is 0. The van der Waals surface area contributed by atoms with Crippen LogP contribution in [0.25, 0.3) is 0 Å². The summed E-state index contributed by atoms with van der Waals surface area (Å²) in [6.07, 6.45) is 14.1. The molecule has 2 N–H and O–H groups in total. The molecule has 1 aliphatic rings. The summed E-state index contributed by atoms with van der Waals surface area (Å²) < 4.78 is 0. The van der Waals surface area contributed by atoms with Crippen LogP contribution in [-0.4, -0.2) is 18.8 Å². The van der Waals surface area contributed by atoms with E-state index in [4.69, 9.17) is 5.73 Å². The predicted octanol–water partition coefficient (Wildman–Crippen LogP) is 4.84. The molecule has 118 valence electrons. The lowest BCUT2D eigenvalue weighted by Crippen LogP contribution is -1.95. The molecule has 2 nitrogen and oxygen atoms in total. The van der Waals surface area contributed by atoms with E-state index in [1.807, 2.05) is 12.2 Å². The molecule has 0 aliphatic heterocycles. The summed E-state index contributed by atoms with van der Waals surface area (Å²) in [4.78, 5) is 4.67. The number of hydrogen-bond donors (Lipinski definition) is 1. The van der Waals surface area contributed by atoms with Crippen molar-refractivity contribution < 1.29 is 1.43 Å². The maximum absolute atomic E-state index is 5.40. The number of nitrogens with zero attached hydrogens (tertiary/aromatic N) is 1. The number of hydrogen-bond acceptors (Lipinski definition) is 2. The Morgan fingerprint density at radius 1 is 1.29 bits per heavy atom. The fourth-order valence-corrected chi connectivity index (χ4v) is 2.04. The second-order valence-corrected chi connectivity index (χ2v) is 5.90. The van der Waals surface area contributed by atoms with Crippen molar-refractivity contribution in [1.29, 1.82) is 0 Å². The van der Waals surface area contributed by atoms with Gasteiger partial charge in [-0.25, -0.2) is 0 Å². The van der Waals surface area contributed by atoms with Gasteiger partial charge in [0, 0.05) is 26.6 Å². The highest BCUT2D eigenvalue weighted by Gasteiger charge is 2.20. The maximum Gasteiger partial charge on any atom is 0.0416 e. The van der Waals surface area contributed by atoms with Crippen LogP contribution < -0.4 is 5.73 Å². The Bertz CT molecular complexity index is 462. The Labute approximate surface area is 131 Å². The average molecular weight is 288 g/mol. The minimum Gasteiger partial charge on any atom is -0.326 e. The molecule has 0 radical (unpaired) electrons. The van der Waals surface area contributed by atoms with Gasteiger partial charge in [-0.15, -0.1) is 5.73 Å². The van der Waals surface area contributed by atoms with Crippen LogP contribution in [0.4, 0.5) is 0 Å². The fraction of sp³-hybridized carbons (Fsp3) is 0.579. The van der Waals surface area contributed by atoms with Crippen LogP contribution in [0.15, 0.2) is 46.2 Å². The Balaban J connectivity index is 0.00000441. The molecule has 0 aromatic rings. The summed E-state index contributed by atoms with van der Waals surface area (Å²) in [5.41, 5.74) is 12.5. The van der Waals surface area contributed by atoms with E-state index < -0.39 is 0 Å². The Hall–Kier alpha value is -1.37. The van der Waals surface area contributed by atoms with Crippen LogP contribution in [-0.2, 0) is 0 Å². The summed E-state index contributed by atoms with van der Waals surface area (Å²) in [6, 6.07) is 0. The molecular formula is C19H32N2. The van der Waals surface area contributed by atoms with Gasteiger partial charge in [-0.3, -0.25) is 4.99 Å². The summed E-state index contributed by atoms with van der Waals surface area (Å²) in [5, 5.41) is 0. The highest BCUT2D eigenvalue weighted by atomic mass is 14.7. The van der Waals surface area contributed by atoms with Crippen molar-refractivity contribution in [2.24, 2.45) is 16.6 Å². The van der Waals surface area contributed by atoms with E-state index >= 15 is 0 Å². The highest BCUT2D eigenvalue weighted by Crippen LogP contribution is 2.28. The van der Waals surface area contributed by atoms with Gasteiger partial charge in [-0.2, -0.15) is 0 Å². The number of nitrogens with two attached hydrogens (primary N) is 1. The van der Waals surface area contributed by atoms with Crippen molar-refractivity contribution in [2.75, 3.05) is 13.1 Å². The molecule has 1 rings (SSSR count). The van der Waals surface area contributed by atoms with Gasteiger partial charge in [0.05, 0.1) is 0 Å². The minimum atomic E-state index is 0. The lowest BCUT2D eigenvalue weighted by atomic mass is 10.1. The van der Waals surface area contributed by atoms with Crippen LogP contribution in [0.2, 0.25) is 0 Å². The largest absolute Gasteiger partial charge is 0.326 e. The van der Waals surface area contributed by atoms with Crippen LogP contribution in [0.1, 0.15) is 54.3 Å². The third-order valence-corrected chi connectivity index (χ3v) is 3.63. The van der Waals surface area contributed by atoms with E-state index in [9.17, 15) is 0 Å². The monoisotopic (exact) mass is 288 g/mol. The van der Waals surface area contributed by atoms with Crippen molar-refractivity contribution in [2.45, 2.75) is 52.9 Å². The molecular weight excluding hydrogens is 256 g/mol. The fourth-order valence-electron chi connectivity index (χ4n) is 2.04. The second-order valence-electron chi connectivity index (χ2n) is 5.90. The lowest BCUT2D eigenvalue weighted by Gasteiger charge is -2.02. The zero-order valence-electron chi connectivity index (χ0n) is 13.9. The highest BCUT2D eigenvalue weighted by molar-refractivity contribution is 5.84. The Morgan fingerprint density at radius 3 is 2.67 bits per heavy atom. The van der Waals surface area contributed by atoms with E-state index in [1.54, 1.807) is 0 Å². The summed E-state index contributed by atoms with van der Waals surface area (Å²) in [5.74, 6) is 0.879. The smallest absolute Gasteiger partial charge is 0.0416 e. The molecule has 0 bridgehead atoms. The average Bonchev–Trinajstić information content (AvgIpc) is 3.28. The zero-order valence-corrected chi connectivity index (χ0v) is 13.9. The molecule has 2 heteroatoms. The zero-order chi connectivity index (χ0) is 15.5. The van der Waals surface area contributed by atoms with Crippen molar-refractivity contribution in [1.82, 2.24) is 0 Å². The summed E-state index contributed by atoms with van der Waals surface area (Å²) in [6.45, 7) is 8.11. The van der Waals surface area contributed by atoms with Gasteiger partial charge in [-0.05, 0) is 57.6 Å². The first kappa shape index (κ1) is 17.7. The first-order chi connectivity index (χ1) is 10.2. The van der Waals surface area contributed by atoms with Crippen LogP contribution >= 0.6 is 0 Å². The van der Waals surface area contributed by atoms with E-state index in [0.29, 0.717) is 6.54 Å². The van der Waals surface area contributed by atoms with E-state index in [1.165, 1.54) is 29.7 Å². The number of aliphatic imine (C=N–C) groups is 1. The van der Waals surface area contributed by atoms with Crippen molar-refractivity contribution in [3.8, 4) is 0 Å². The van der Waals surface area contributed by atoms with Gasteiger partial charge in [0.25, 0.3) is 0 Å². The maximum atomic E-state index is 5.40. The van der Waals surface area contributed by atoms with Crippen molar-refractivity contribution >= 4 is 5.71 Å². The molecule has 0 saturated heterocycles. The van der Waals surface area contributed by atoms with Crippen molar-refractivity contribution in [3.05, 3.63) is 41.2 Å². The lowest BCUT2D eigenvalue weighted by molar-refractivity contribution is 0.844. The van der Waals surface area contributed by atoms with Crippen molar-refractivity contribution in [3.63, 3.8) is 0 Å². The predicted molar refractivity (Wildman–Crippen MR) is 95.9 cm³/mol. The topological polar surface area (TPSA) is 38.4 Å². The van der Waals surface area contributed by atoms with Crippen LogP contribution in [0.5, 0.6) is 0 Å². The number of rotatable bonds is 9. The van der Waals surface area contributed by atoms with Crippen LogP contribution in [0.3, 0.4) is 0 Å². The molecule has 0 spiro atoms. The molecule has 0 unspecified atom stereocenters. The molecule has 0 amide bonds. The molecule has 21 heavy (non-hydrogen) atoms. The Morgan fingerprint density at radius 2 is 2.05 bits per heavy atom. The summed E-state index contributed by atoms with van der Waals surface area (Å²) >= 11 is 0. The minimum absolute atomic E-state index is 0. The molecule has 1 saturated carbocycles. The molecule has 1 aliphatic carbocycles. The van der Waals surface area contributed by atoms with Gasteiger partial charge in [0.2, 0.25) is 0 Å². The molecule has 1 fully saturated rings. The SMILES string of the molecule is CC/C(=C\C=C(\C)CC(C)=NCC1CC1)CC=C=CCN.[HH]. The van der Waals surface area contributed by atoms with Gasteiger partial charge < -0.3 is 5.73 Å². The quantitative estimate of drug-likeness (QED) is 0.368. The molecule has 0 aromatic carbocycles. The van der Waals surface area contributed by atoms with E-state index in [0.717, 1.165) is 31.7 Å². The van der Waals surface area contributed by atoms with E-state index in [2.05, 4.69) is 43.6 Å². The first-order valence-corrected chi connectivity index (χ1v) is 8.10. The molecule has 0 aromatic heterocycles. The number of allylic oxidation sites excluding steroid dienone is 4. The third-order valence-electron chi connectivity index (χ3n) is 3.63. The van der Waals surface area contributed by atoms with Gasteiger partial charge in [-0.1, -0.05) is 30.2 Å².